The van der Waals surface area contributed by atoms with Gasteiger partial charge in [0, 0.05) is 11.4 Å². The molecule has 0 bridgehead atoms. The number of hydrogen-bond donors (Lipinski definition) is 3. The smallest absolute Gasteiger partial charge is 0.173 e. The van der Waals surface area contributed by atoms with Crippen molar-refractivity contribution in [2.45, 2.75) is 84.3 Å². The Hall–Kier alpha value is -1.91. The Bertz CT molecular complexity index is 651. The van der Waals surface area contributed by atoms with Gasteiger partial charge in [-0.25, -0.2) is 0 Å². The molecule has 1 aromatic carbocycles. The summed E-state index contributed by atoms with van der Waals surface area (Å²) >= 11 is 0. The highest BCUT2D eigenvalue weighted by molar-refractivity contribution is 5.94. The summed E-state index contributed by atoms with van der Waals surface area (Å²) < 4.78 is 0. The molecule has 0 radical (unpaired) electrons. The number of allylic oxidation sites excluding steroid dienone is 1. The Morgan fingerprint density at radius 2 is 1.68 bits per heavy atom. The maximum absolute atomic E-state index is 4.85. The first-order valence-corrected chi connectivity index (χ1v) is 12.2. The molecule has 0 aliphatic carbocycles. The molecule has 0 aromatic heterocycles. The molecule has 1 aromatic rings. The molecule has 4 nitrogen and oxygen atoms in total. The van der Waals surface area contributed by atoms with Gasteiger partial charge in [-0.2, -0.15) is 0 Å². The number of nitrogens with one attached hydrogen (secondary N) is 3. The normalized spacial score (nSPS) is 12.5. The molecule has 0 fully saturated rings. The van der Waals surface area contributed by atoms with Crippen LogP contribution in [0.5, 0.6) is 0 Å². The Morgan fingerprint density at radius 1 is 0.968 bits per heavy atom. The Labute approximate surface area is 191 Å². The molecule has 4 heteroatoms. The summed E-state index contributed by atoms with van der Waals surface area (Å²) in [5.41, 5.74) is 5.01. The zero-order chi connectivity index (χ0) is 22.7. The summed E-state index contributed by atoms with van der Waals surface area (Å²) in [4.78, 5) is 4.85. The van der Waals surface area contributed by atoms with E-state index in [1.54, 1.807) is 0 Å². The highest BCUT2D eigenvalue weighted by Gasteiger charge is 2.07. The van der Waals surface area contributed by atoms with Crippen molar-refractivity contribution in [1.82, 2.24) is 10.6 Å². The summed E-state index contributed by atoms with van der Waals surface area (Å²) in [5, 5.41) is 10.2. The largest absolute Gasteiger partial charge is 0.352 e. The monoisotopic (exact) mass is 426 g/mol. The third-order valence-electron chi connectivity index (χ3n) is 5.64. The number of aryl methyl sites for hydroxylation is 2. The standard InChI is InChI=1S/C27H46N4/c1-6-10-20-29-21-16-14-12-11-13-15-17-25(9-4)30-27(28-5)31-26-19-18-23(7-2)24(8-3)22-26/h6,9,18-19,22,27-29,31H,1,4,7-8,10-17,20-21H2,2-3,5H3/b30-25+. The molecule has 0 spiro atoms. The van der Waals surface area contributed by atoms with Gasteiger partial charge in [0.15, 0.2) is 6.29 Å². The predicted molar refractivity (Wildman–Crippen MR) is 139 cm³/mol. The van der Waals surface area contributed by atoms with Crippen molar-refractivity contribution in [3.63, 3.8) is 0 Å². The molecule has 3 N–H and O–H groups in total. The average Bonchev–Trinajstić information content (AvgIpc) is 2.80. The highest BCUT2D eigenvalue weighted by Crippen LogP contribution is 2.18. The van der Waals surface area contributed by atoms with E-state index in [4.69, 9.17) is 4.99 Å². The lowest BCUT2D eigenvalue weighted by Crippen LogP contribution is -2.32. The molecule has 1 atom stereocenters. The van der Waals surface area contributed by atoms with Crippen LogP contribution in [0.25, 0.3) is 0 Å². The van der Waals surface area contributed by atoms with Gasteiger partial charge in [0.2, 0.25) is 0 Å². The van der Waals surface area contributed by atoms with Crippen molar-refractivity contribution >= 4 is 11.4 Å². The zero-order valence-corrected chi connectivity index (χ0v) is 20.3. The van der Waals surface area contributed by atoms with Crippen molar-refractivity contribution in [2.24, 2.45) is 4.99 Å². The molecule has 1 rings (SSSR count). The van der Waals surface area contributed by atoms with Crippen LogP contribution in [0, 0.1) is 0 Å². The lowest BCUT2D eigenvalue weighted by Gasteiger charge is -2.18. The quantitative estimate of drug-likeness (QED) is 0.106. The van der Waals surface area contributed by atoms with Crippen LogP contribution in [0.1, 0.15) is 76.3 Å². The lowest BCUT2D eigenvalue weighted by atomic mass is 10.0. The minimum Gasteiger partial charge on any atom is -0.352 e. The SMILES string of the molecule is C=CCCNCCCCCCCC/C(C=C)=N/C(NC)Nc1ccc(CC)c(CC)c1. The van der Waals surface area contributed by atoms with E-state index in [1.807, 2.05) is 19.2 Å². The summed E-state index contributed by atoms with van der Waals surface area (Å²) in [6, 6.07) is 6.63. The molecule has 0 saturated carbocycles. The topological polar surface area (TPSA) is 48.5 Å². The minimum atomic E-state index is -0.140. The van der Waals surface area contributed by atoms with E-state index in [0.717, 1.165) is 50.2 Å². The van der Waals surface area contributed by atoms with E-state index in [0.29, 0.717) is 0 Å². The minimum absolute atomic E-state index is 0.140. The van der Waals surface area contributed by atoms with Crippen molar-refractivity contribution in [3.8, 4) is 0 Å². The second-order valence-corrected chi connectivity index (χ2v) is 8.05. The lowest BCUT2D eigenvalue weighted by molar-refractivity contribution is 0.570. The van der Waals surface area contributed by atoms with Crippen LogP contribution in [-0.2, 0) is 12.8 Å². The van der Waals surface area contributed by atoms with Gasteiger partial charge in [-0.3, -0.25) is 10.3 Å². The van der Waals surface area contributed by atoms with Gasteiger partial charge >= 0.3 is 0 Å². The summed E-state index contributed by atoms with van der Waals surface area (Å²) in [6.45, 7) is 14.3. The number of nitrogens with zero attached hydrogens (tertiary/aromatic N) is 1. The van der Waals surface area contributed by atoms with Crippen molar-refractivity contribution in [1.29, 1.82) is 0 Å². The predicted octanol–water partition coefficient (Wildman–Crippen LogP) is 6.25. The Balaban J connectivity index is 2.35. The summed E-state index contributed by atoms with van der Waals surface area (Å²) in [5.74, 6) is 0. The van der Waals surface area contributed by atoms with Crippen LogP contribution in [0.3, 0.4) is 0 Å². The molecule has 1 unspecified atom stereocenters. The summed E-state index contributed by atoms with van der Waals surface area (Å²) in [7, 11) is 1.94. The number of hydrogen-bond acceptors (Lipinski definition) is 4. The van der Waals surface area contributed by atoms with E-state index in [9.17, 15) is 0 Å². The van der Waals surface area contributed by atoms with Crippen LogP contribution in [-0.4, -0.2) is 32.1 Å². The third-order valence-corrected chi connectivity index (χ3v) is 5.64. The zero-order valence-electron chi connectivity index (χ0n) is 20.3. The first-order valence-electron chi connectivity index (χ1n) is 12.2. The average molecular weight is 427 g/mol. The van der Waals surface area contributed by atoms with Crippen LogP contribution >= 0.6 is 0 Å². The number of benzene rings is 1. The van der Waals surface area contributed by atoms with Crippen molar-refractivity contribution in [2.75, 3.05) is 25.5 Å². The first kappa shape index (κ1) is 27.1. The maximum atomic E-state index is 4.85. The first-order chi connectivity index (χ1) is 15.2. The molecular formula is C27H46N4. The van der Waals surface area contributed by atoms with Gasteiger partial charge in [0.1, 0.15) is 0 Å². The fourth-order valence-electron chi connectivity index (χ4n) is 3.69. The van der Waals surface area contributed by atoms with E-state index in [1.165, 1.54) is 49.7 Å². The Kier molecular flexibility index (Phi) is 15.5. The van der Waals surface area contributed by atoms with Gasteiger partial charge in [-0.1, -0.05) is 58.3 Å². The fraction of sp³-hybridized carbons (Fsp3) is 0.593. The number of aliphatic imine (C=N–C) groups is 1. The van der Waals surface area contributed by atoms with Gasteiger partial charge in [0.25, 0.3) is 0 Å². The number of anilines is 1. The van der Waals surface area contributed by atoms with E-state index >= 15 is 0 Å². The number of rotatable bonds is 19. The van der Waals surface area contributed by atoms with Crippen molar-refractivity contribution < 1.29 is 0 Å². The van der Waals surface area contributed by atoms with Gasteiger partial charge < -0.3 is 10.6 Å². The molecule has 0 amide bonds. The molecule has 0 aliphatic rings. The van der Waals surface area contributed by atoms with E-state index in [2.05, 4.69) is 61.2 Å². The molecule has 0 saturated heterocycles. The van der Waals surface area contributed by atoms with E-state index in [-0.39, 0.29) is 6.29 Å². The van der Waals surface area contributed by atoms with Crippen LogP contribution in [0.2, 0.25) is 0 Å². The highest BCUT2D eigenvalue weighted by atomic mass is 15.2. The fourth-order valence-corrected chi connectivity index (χ4v) is 3.69. The second kappa shape index (κ2) is 17.7. The van der Waals surface area contributed by atoms with Gasteiger partial charge in [-0.05, 0) is 88.0 Å². The van der Waals surface area contributed by atoms with Gasteiger partial charge in [-0.15, -0.1) is 6.58 Å². The molecule has 31 heavy (non-hydrogen) atoms. The van der Waals surface area contributed by atoms with Crippen LogP contribution < -0.4 is 16.0 Å². The molecule has 0 aliphatic heterocycles. The molecular weight excluding hydrogens is 380 g/mol. The molecule has 174 valence electrons. The van der Waals surface area contributed by atoms with E-state index < -0.39 is 0 Å². The van der Waals surface area contributed by atoms with Crippen molar-refractivity contribution in [3.05, 3.63) is 54.6 Å². The second-order valence-electron chi connectivity index (χ2n) is 8.05. The van der Waals surface area contributed by atoms with Crippen LogP contribution in [0.15, 0.2) is 48.5 Å². The summed E-state index contributed by atoms with van der Waals surface area (Å²) in [6.07, 6.45) is 15.5. The maximum Gasteiger partial charge on any atom is 0.173 e. The number of unbranched alkanes of at least 4 members (excludes halogenated alkanes) is 5. The van der Waals surface area contributed by atoms with Crippen LogP contribution in [0.4, 0.5) is 5.69 Å². The Morgan fingerprint density at radius 3 is 2.32 bits per heavy atom. The molecule has 0 heterocycles. The van der Waals surface area contributed by atoms with Gasteiger partial charge in [0.05, 0.1) is 0 Å². The third kappa shape index (κ3) is 11.9.